The second-order valence-corrected chi connectivity index (χ2v) is 6.77. The van der Waals surface area contributed by atoms with Gasteiger partial charge in [0.1, 0.15) is 0 Å². The summed E-state index contributed by atoms with van der Waals surface area (Å²) in [6.07, 6.45) is 3.67. The van der Waals surface area contributed by atoms with Gasteiger partial charge in [-0.1, -0.05) is 36.1 Å². The Morgan fingerprint density at radius 2 is 1.61 bits per heavy atom. The van der Waals surface area contributed by atoms with E-state index in [2.05, 4.69) is 22.5 Å². The van der Waals surface area contributed by atoms with Gasteiger partial charge in [-0.25, -0.2) is 4.79 Å². The van der Waals surface area contributed by atoms with Gasteiger partial charge < -0.3 is 15.5 Å². The number of rotatable bonds is 4. The second-order valence-electron chi connectivity index (χ2n) is 6.77. The number of carbonyl (C=O) groups is 2. The molecular weight excluding hydrogens is 350 g/mol. The highest BCUT2D eigenvalue weighted by Crippen LogP contribution is 2.11. The highest BCUT2D eigenvalue weighted by Gasteiger charge is 2.16. The molecule has 3 rings (SSSR count). The van der Waals surface area contributed by atoms with Crippen LogP contribution in [0.25, 0.3) is 0 Å². The van der Waals surface area contributed by atoms with E-state index >= 15 is 0 Å². The molecular formula is C23H25N3O2. The summed E-state index contributed by atoms with van der Waals surface area (Å²) in [7, 11) is 0. The van der Waals surface area contributed by atoms with Crippen molar-refractivity contribution in [1.29, 1.82) is 0 Å². The van der Waals surface area contributed by atoms with Crippen LogP contribution < -0.4 is 10.6 Å². The summed E-state index contributed by atoms with van der Waals surface area (Å²) in [5.74, 6) is 6.31. The summed E-state index contributed by atoms with van der Waals surface area (Å²) < 4.78 is 0. The molecule has 28 heavy (non-hydrogen) atoms. The molecule has 1 fully saturated rings. The zero-order valence-electron chi connectivity index (χ0n) is 15.9. The van der Waals surface area contributed by atoms with E-state index in [4.69, 9.17) is 0 Å². The van der Waals surface area contributed by atoms with Crippen LogP contribution in [0, 0.1) is 11.8 Å². The van der Waals surface area contributed by atoms with Crippen molar-refractivity contribution in [3.8, 4) is 11.8 Å². The Hall–Kier alpha value is -3.26. The van der Waals surface area contributed by atoms with Crippen LogP contribution in [-0.2, 0) is 4.79 Å². The van der Waals surface area contributed by atoms with E-state index in [1.54, 1.807) is 0 Å². The van der Waals surface area contributed by atoms with Crippen molar-refractivity contribution < 1.29 is 9.59 Å². The molecule has 0 aromatic heterocycles. The van der Waals surface area contributed by atoms with Gasteiger partial charge in [-0.05, 0) is 49.6 Å². The largest absolute Gasteiger partial charge is 0.343 e. The van der Waals surface area contributed by atoms with E-state index in [0.29, 0.717) is 18.7 Å². The van der Waals surface area contributed by atoms with E-state index in [9.17, 15) is 9.59 Å². The van der Waals surface area contributed by atoms with Crippen LogP contribution in [0.2, 0.25) is 0 Å². The Labute approximate surface area is 166 Å². The van der Waals surface area contributed by atoms with Gasteiger partial charge in [0, 0.05) is 42.9 Å². The van der Waals surface area contributed by atoms with Gasteiger partial charge in [0.25, 0.3) is 0 Å². The zero-order chi connectivity index (χ0) is 19.6. The minimum Gasteiger partial charge on any atom is -0.343 e. The van der Waals surface area contributed by atoms with Crippen molar-refractivity contribution in [2.24, 2.45) is 0 Å². The number of likely N-dealkylation sites (tertiary alicyclic amines) is 1. The molecule has 1 saturated heterocycles. The minimum absolute atomic E-state index is 0.109. The van der Waals surface area contributed by atoms with E-state index in [0.717, 1.165) is 37.1 Å². The number of amides is 3. The van der Waals surface area contributed by atoms with Crippen molar-refractivity contribution in [1.82, 2.24) is 10.2 Å². The Morgan fingerprint density at radius 1 is 0.893 bits per heavy atom. The smallest absolute Gasteiger partial charge is 0.319 e. The van der Waals surface area contributed by atoms with Gasteiger partial charge in [0.2, 0.25) is 5.91 Å². The number of hydrogen-bond donors (Lipinski definition) is 2. The molecule has 144 valence electrons. The molecule has 0 bridgehead atoms. The Kier molecular flexibility index (Phi) is 7.08. The second kappa shape index (κ2) is 10.2. The molecule has 3 amide bonds. The van der Waals surface area contributed by atoms with Gasteiger partial charge >= 0.3 is 6.03 Å². The van der Waals surface area contributed by atoms with Gasteiger partial charge in [0.15, 0.2) is 0 Å². The third kappa shape index (κ3) is 6.17. The molecule has 2 aromatic carbocycles. The van der Waals surface area contributed by atoms with Crippen LogP contribution in [-0.4, -0.2) is 36.5 Å². The molecule has 5 nitrogen and oxygen atoms in total. The van der Waals surface area contributed by atoms with Crippen LogP contribution in [0.1, 0.15) is 36.8 Å². The van der Waals surface area contributed by atoms with Gasteiger partial charge in [-0.15, -0.1) is 0 Å². The highest BCUT2D eigenvalue weighted by atomic mass is 16.2. The van der Waals surface area contributed by atoms with E-state index in [-0.39, 0.29) is 11.9 Å². The minimum atomic E-state index is -0.320. The predicted molar refractivity (Wildman–Crippen MR) is 111 cm³/mol. The molecule has 0 radical (unpaired) electrons. The fraction of sp³-hybridized carbons (Fsp3) is 0.304. The van der Waals surface area contributed by atoms with Crippen molar-refractivity contribution in [2.45, 2.75) is 25.7 Å². The van der Waals surface area contributed by atoms with Crippen molar-refractivity contribution in [2.75, 3.05) is 25.0 Å². The van der Waals surface area contributed by atoms with Crippen molar-refractivity contribution >= 4 is 17.6 Å². The summed E-state index contributed by atoms with van der Waals surface area (Å²) in [4.78, 5) is 26.1. The molecule has 0 aliphatic carbocycles. The first kappa shape index (κ1) is 19.5. The van der Waals surface area contributed by atoms with Gasteiger partial charge in [-0.3, -0.25) is 4.79 Å². The average Bonchev–Trinajstić information content (AvgIpc) is 2.74. The number of urea groups is 1. The maximum absolute atomic E-state index is 12.1. The third-order valence-electron chi connectivity index (χ3n) is 4.58. The van der Waals surface area contributed by atoms with Crippen molar-refractivity contribution in [3.63, 3.8) is 0 Å². The van der Waals surface area contributed by atoms with Crippen molar-refractivity contribution in [3.05, 3.63) is 65.7 Å². The lowest BCUT2D eigenvalue weighted by Gasteiger charge is -2.26. The number of nitrogens with zero attached hydrogens (tertiary/aromatic N) is 1. The normalized spacial score (nSPS) is 13.2. The van der Waals surface area contributed by atoms with Crippen LogP contribution >= 0.6 is 0 Å². The maximum atomic E-state index is 12.1. The highest BCUT2D eigenvalue weighted by molar-refractivity contribution is 5.89. The van der Waals surface area contributed by atoms with Crippen LogP contribution in [0.3, 0.4) is 0 Å². The Balaban J connectivity index is 1.46. The molecule has 5 heteroatoms. The summed E-state index contributed by atoms with van der Waals surface area (Å²) in [6.45, 7) is 2.00. The van der Waals surface area contributed by atoms with E-state index in [1.165, 1.54) is 6.42 Å². The summed E-state index contributed by atoms with van der Waals surface area (Å²) in [5.41, 5.74) is 2.43. The first-order chi connectivity index (χ1) is 13.7. The number of benzene rings is 2. The monoisotopic (exact) mass is 375 g/mol. The van der Waals surface area contributed by atoms with Crippen LogP contribution in [0.5, 0.6) is 0 Å². The standard InChI is InChI=1S/C23H25N3O2/c27-22(26-16-5-2-6-17-26)14-15-24-23(28)25-21-11-7-10-20(18-21)13-12-19-8-3-1-4-9-19/h1,3-4,7-11,18H,2,5-6,14-17H2,(H2,24,25,28). The molecule has 0 saturated carbocycles. The quantitative estimate of drug-likeness (QED) is 0.802. The molecule has 1 aliphatic rings. The van der Waals surface area contributed by atoms with E-state index in [1.807, 2.05) is 59.5 Å². The van der Waals surface area contributed by atoms with Crippen LogP contribution in [0.4, 0.5) is 10.5 Å². The first-order valence-corrected chi connectivity index (χ1v) is 9.70. The molecule has 1 aliphatic heterocycles. The van der Waals surface area contributed by atoms with Crippen LogP contribution in [0.15, 0.2) is 54.6 Å². The van der Waals surface area contributed by atoms with Gasteiger partial charge in [0.05, 0.1) is 0 Å². The summed E-state index contributed by atoms with van der Waals surface area (Å²) >= 11 is 0. The molecule has 2 aromatic rings. The molecule has 0 unspecified atom stereocenters. The zero-order valence-corrected chi connectivity index (χ0v) is 15.9. The molecule has 1 heterocycles. The number of nitrogens with one attached hydrogen (secondary N) is 2. The number of carbonyl (C=O) groups excluding carboxylic acids is 2. The number of anilines is 1. The maximum Gasteiger partial charge on any atom is 0.319 e. The number of hydrogen-bond acceptors (Lipinski definition) is 2. The van der Waals surface area contributed by atoms with Gasteiger partial charge in [-0.2, -0.15) is 0 Å². The Bertz CT molecular complexity index is 862. The Morgan fingerprint density at radius 3 is 2.39 bits per heavy atom. The third-order valence-corrected chi connectivity index (χ3v) is 4.58. The summed E-state index contributed by atoms with van der Waals surface area (Å²) in [5, 5.41) is 5.54. The summed E-state index contributed by atoms with van der Waals surface area (Å²) in [6, 6.07) is 16.8. The van der Waals surface area contributed by atoms with E-state index < -0.39 is 0 Å². The average molecular weight is 375 g/mol. The lowest BCUT2D eigenvalue weighted by molar-refractivity contribution is -0.131. The fourth-order valence-electron chi connectivity index (χ4n) is 3.10. The lowest BCUT2D eigenvalue weighted by atomic mass is 10.1. The molecule has 0 spiro atoms. The number of piperidine rings is 1. The molecule has 2 N–H and O–H groups in total. The topological polar surface area (TPSA) is 61.4 Å². The fourth-order valence-corrected chi connectivity index (χ4v) is 3.10. The first-order valence-electron chi connectivity index (χ1n) is 9.70. The SMILES string of the molecule is O=C(NCCC(=O)N1CCCCC1)Nc1cccc(C#Cc2ccccc2)c1. The predicted octanol–water partition coefficient (Wildman–Crippen LogP) is 3.61. The lowest BCUT2D eigenvalue weighted by Crippen LogP contribution is -2.38. The molecule has 0 atom stereocenters.